The standard InChI is InChI=1S/C25H25NO7/c1-14-10-19-23(25(30)26(14)9-8-15-4-6-17(27)7-5-15)18(13-22(28)33-19)16-11-20(31-2)24(29)21(12-16)32-3/h4-7,10-12,18,27,29H,8-9,13H2,1-3H3. The van der Waals surface area contributed by atoms with Gasteiger partial charge in [0.15, 0.2) is 11.5 Å². The van der Waals surface area contributed by atoms with Crippen molar-refractivity contribution in [2.75, 3.05) is 14.2 Å². The Morgan fingerprint density at radius 2 is 1.67 bits per heavy atom. The first-order valence-electron chi connectivity index (χ1n) is 10.5. The number of methoxy groups -OCH3 is 2. The Kier molecular flexibility index (Phi) is 6.00. The average molecular weight is 451 g/mol. The molecule has 1 aliphatic rings. The summed E-state index contributed by atoms with van der Waals surface area (Å²) in [6, 6.07) is 11.8. The summed E-state index contributed by atoms with van der Waals surface area (Å²) < 4.78 is 17.6. The van der Waals surface area contributed by atoms with Crippen molar-refractivity contribution in [2.24, 2.45) is 0 Å². The Hall–Kier alpha value is -3.94. The number of aryl methyl sites for hydroxylation is 2. The van der Waals surface area contributed by atoms with Crippen LogP contribution in [0.25, 0.3) is 0 Å². The number of phenolic OH excluding ortho intramolecular Hbond substituents is 2. The van der Waals surface area contributed by atoms with Gasteiger partial charge in [-0.15, -0.1) is 0 Å². The summed E-state index contributed by atoms with van der Waals surface area (Å²) >= 11 is 0. The monoisotopic (exact) mass is 451 g/mol. The van der Waals surface area contributed by atoms with E-state index in [9.17, 15) is 19.8 Å². The zero-order chi connectivity index (χ0) is 23.7. The predicted molar refractivity (Wildman–Crippen MR) is 121 cm³/mol. The third-order valence-corrected chi connectivity index (χ3v) is 5.91. The number of pyridine rings is 1. The van der Waals surface area contributed by atoms with Gasteiger partial charge in [-0.25, -0.2) is 0 Å². The molecular formula is C25H25NO7. The number of phenols is 2. The minimum Gasteiger partial charge on any atom is -0.508 e. The van der Waals surface area contributed by atoms with Gasteiger partial charge in [0.2, 0.25) is 5.75 Å². The second-order valence-electron chi connectivity index (χ2n) is 7.94. The van der Waals surface area contributed by atoms with Crippen molar-refractivity contribution in [1.29, 1.82) is 0 Å². The highest BCUT2D eigenvalue weighted by atomic mass is 16.5. The number of aromatic nitrogens is 1. The minimum atomic E-state index is -0.585. The predicted octanol–water partition coefficient (Wildman–Crippen LogP) is 3.27. The fourth-order valence-corrected chi connectivity index (χ4v) is 4.18. The summed E-state index contributed by atoms with van der Waals surface area (Å²) in [7, 11) is 2.84. The molecule has 3 aromatic rings. The summed E-state index contributed by atoms with van der Waals surface area (Å²) in [4.78, 5) is 26.0. The first-order chi connectivity index (χ1) is 15.8. The molecule has 33 heavy (non-hydrogen) atoms. The van der Waals surface area contributed by atoms with Crippen LogP contribution >= 0.6 is 0 Å². The van der Waals surface area contributed by atoms with Crippen molar-refractivity contribution in [3.05, 3.63) is 75.2 Å². The first-order valence-corrected chi connectivity index (χ1v) is 10.5. The minimum absolute atomic E-state index is 0.0274. The summed E-state index contributed by atoms with van der Waals surface area (Å²) in [6.07, 6.45) is 0.561. The highest BCUT2D eigenvalue weighted by molar-refractivity contribution is 5.78. The van der Waals surface area contributed by atoms with E-state index in [0.29, 0.717) is 29.8 Å². The molecule has 0 spiro atoms. The molecule has 0 bridgehead atoms. The summed E-state index contributed by atoms with van der Waals surface area (Å²) in [5, 5.41) is 19.7. The van der Waals surface area contributed by atoms with Crippen LogP contribution in [-0.4, -0.2) is 35.0 Å². The normalized spacial score (nSPS) is 15.0. The SMILES string of the molecule is COc1cc(C2CC(=O)Oc3cc(C)n(CCc4ccc(O)cc4)c(=O)c32)cc(OC)c1O. The van der Waals surface area contributed by atoms with Gasteiger partial charge in [0.1, 0.15) is 11.5 Å². The van der Waals surface area contributed by atoms with Gasteiger partial charge < -0.3 is 29.0 Å². The number of fused-ring (bicyclic) bond motifs is 1. The number of carbonyl (C=O) groups is 1. The van der Waals surface area contributed by atoms with Crippen LogP contribution in [0.4, 0.5) is 0 Å². The van der Waals surface area contributed by atoms with Crippen molar-refractivity contribution < 1.29 is 29.2 Å². The second-order valence-corrected chi connectivity index (χ2v) is 7.94. The van der Waals surface area contributed by atoms with Crippen LogP contribution in [0.3, 0.4) is 0 Å². The zero-order valence-corrected chi connectivity index (χ0v) is 18.6. The number of benzene rings is 2. The molecule has 0 fully saturated rings. The molecule has 8 heteroatoms. The van der Waals surface area contributed by atoms with E-state index in [1.807, 2.05) is 12.1 Å². The van der Waals surface area contributed by atoms with Gasteiger partial charge in [-0.05, 0) is 48.7 Å². The van der Waals surface area contributed by atoms with Crippen LogP contribution in [0.2, 0.25) is 0 Å². The van der Waals surface area contributed by atoms with Gasteiger partial charge in [-0.3, -0.25) is 9.59 Å². The molecule has 1 aromatic heterocycles. The van der Waals surface area contributed by atoms with Crippen molar-refractivity contribution in [1.82, 2.24) is 4.57 Å². The van der Waals surface area contributed by atoms with Gasteiger partial charge in [-0.2, -0.15) is 0 Å². The smallest absolute Gasteiger partial charge is 0.312 e. The van der Waals surface area contributed by atoms with E-state index in [4.69, 9.17) is 14.2 Å². The average Bonchev–Trinajstić information content (AvgIpc) is 2.79. The van der Waals surface area contributed by atoms with Gasteiger partial charge in [0.05, 0.1) is 26.2 Å². The Morgan fingerprint density at radius 1 is 1.03 bits per heavy atom. The lowest BCUT2D eigenvalue weighted by Crippen LogP contribution is -2.33. The number of hydrogen-bond donors (Lipinski definition) is 2. The maximum absolute atomic E-state index is 13.6. The molecule has 0 saturated heterocycles. The third kappa shape index (κ3) is 4.24. The van der Waals surface area contributed by atoms with E-state index in [0.717, 1.165) is 5.56 Å². The lowest BCUT2D eigenvalue weighted by molar-refractivity contribution is -0.135. The lowest BCUT2D eigenvalue weighted by Gasteiger charge is -2.26. The van der Waals surface area contributed by atoms with E-state index < -0.39 is 11.9 Å². The highest BCUT2D eigenvalue weighted by Crippen LogP contribution is 2.43. The first kappa shape index (κ1) is 22.3. The molecule has 0 amide bonds. The number of esters is 1. The highest BCUT2D eigenvalue weighted by Gasteiger charge is 2.33. The Morgan fingerprint density at radius 3 is 2.27 bits per heavy atom. The molecule has 0 saturated carbocycles. The molecule has 8 nitrogen and oxygen atoms in total. The van der Waals surface area contributed by atoms with Crippen LogP contribution in [0, 0.1) is 6.92 Å². The Labute approximate surface area is 190 Å². The summed E-state index contributed by atoms with van der Waals surface area (Å²) in [5.74, 6) is -0.389. The maximum atomic E-state index is 13.6. The molecule has 1 unspecified atom stereocenters. The van der Waals surface area contributed by atoms with Crippen LogP contribution in [0.15, 0.2) is 47.3 Å². The van der Waals surface area contributed by atoms with Crippen LogP contribution in [-0.2, 0) is 17.8 Å². The number of hydrogen-bond acceptors (Lipinski definition) is 7. The van der Waals surface area contributed by atoms with E-state index in [2.05, 4.69) is 0 Å². The van der Waals surface area contributed by atoms with E-state index in [-0.39, 0.29) is 40.7 Å². The largest absolute Gasteiger partial charge is 0.508 e. The number of nitrogens with zero attached hydrogens (tertiary/aromatic N) is 1. The van der Waals surface area contributed by atoms with Gasteiger partial charge in [0, 0.05) is 24.2 Å². The number of carbonyl (C=O) groups excluding carboxylic acids is 1. The molecule has 4 rings (SSSR count). The summed E-state index contributed by atoms with van der Waals surface area (Å²) in [6.45, 7) is 2.22. The fraction of sp³-hybridized carbons (Fsp3) is 0.280. The van der Waals surface area contributed by atoms with Crippen molar-refractivity contribution >= 4 is 5.97 Å². The van der Waals surface area contributed by atoms with Crippen LogP contribution in [0.5, 0.6) is 28.7 Å². The van der Waals surface area contributed by atoms with Crippen LogP contribution in [0.1, 0.15) is 34.7 Å². The fourth-order valence-electron chi connectivity index (χ4n) is 4.18. The van der Waals surface area contributed by atoms with Crippen LogP contribution < -0.4 is 19.8 Å². The molecular weight excluding hydrogens is 426 g/mol. The molecule has 2 aromatic carbocycles. The quantitative estimate of drug-likeness (QED) is 0.554. The third-order valence-electron chi connectivity index (χ3n) is 5.91. The molecule has 2 N–H and O–H groups in total. The van der Waals surface area contributed by atoms with E-state index >= 15 is 0 Å². The summed E-state index contributed by atoms with van der Waals surface area (Å²) in [5.41, 5.74) is 2.39. The number of aromatic hydroxyl groups is 2. The Bertz CT molecular complexity index is 1240. The molecule has 1 aliphatic heterocycles. The zero-order valence-electron chi connectivity index (χ0n) is 18.6. The molecule has 0 radical (unpaired) electrons. The Balaban J connectivity index is 1.78. The molecule has 1 atom stereocenters. The second kappa shape index (κ2) is 8.90. The van der Waals surface area contributed by atoms with Crippen molar-refractivity contribution in [3.8, 4) is 28.7 Å². The molecule has 0 aliphatic carbocycles. The molecule has 2 heterocycles. The van der Waals surface area contributed by atoms with Gasteiger partial charge in [-0.1, -0.05) is 12.1 Å². The van der Waals surface area contributed by atoms with Gasteiger partial charge >= 0.3 is 5.97 Å². The molecule has 172 valence electrons. The van der Waals surface area contributed by atoms with Crippen molar-refractivity contribution in [2.45, 2.75) is 32.2 Å². The number of rotatable bonds is 6. The van der Waals surface area contributed by atoms with Gasteiger partial charge in [0.25, 0.3) is 5.56 Å². The van der Waals surface area contributed by atoms with E-state index in [1.165, 1.54) is 14.2 Å². The number of ether oxygens (including phenoxy) is 3. The van der Waals surface area contributed by atoms with E-state index in [1.54, 1.807) is 41.8 Å². The lowest BCUT2D eigenvalue weighted by atomic mass is 9.86. The van der Waals surface area contributed by atoms with Crippen molar-refractivity contribution in [3.63, 3.8) is 0 Å². The topological polar surface area (TPSA) is 107 Å². The maximum Gasteiger partial charge on any atom is 0.312 e.